The van der Waals surface area contributed by atoms with E-state index in [2.05, 4.69) is 5.32 Å². The Bertz CT molecular complexity index is 400. The molecule has 100 valence electrons. The van der Waals surface area contributed by atoms with Gasteiger partial charge < -0.3 is 19.5 Å². The summed E-state index contributed by atoms with van der Waals surface area (Å²) in [6, 6.07) is 4.25. The Hall–Kier alpha value is -1.42. The monoisotopic (exact) mass is 251 g/mol. The van der Waals surface area contributed by atoms with Crippen molar-refractivity contribution in [3.8, 4) is 17.2 Å². The number of hydrogen-bond acceptors (Lipinski definition) is 4. The van der Waals surface area contributed by atoms with Crippen LogP contribution in [-0.2, 0) is 0 Å². The second-order valence-electron chi connectivity index (χ2n) is 4.45. The van der Waals surface area contributed by atoms with Crippen LogP contribution < -0.4 is 19.5 Å². The predicted molar refractivity (Wildman–Crippen MR) is 70.7 cm³/mol. The molecule has 1 aromatic carbocycles. The SMILES string of the molecule is COc1cc(OC)c([C@@H]2CCCCN2)cc1OC. The standard InChI is InChI=1S/C14H21NO3/c1-16-12-9-14(18-3)13(17-2)8-10(12)11-6-4-5-7-15-11/h8-9,11,15H,4-7H2,1-3H3/t11-/m0/s1. The number of piperidine rings is 1. The van der Waals surface area contributed by atoms with Crippen molar-refractivity contribution in [2.75, 3.05) is 27.9 Å². The normalized spacial score (nSPS) is 19.4. The smallest absolute Gasteiger partial charge is 0.164 e. The fourth-order valence-corrected chi connectivity index (χ4v) is 2.44. The van der Waals surface area contributed by atoms with Crippen LogP contribution in [0.25, 0.3) is 0 Å². The summed E-state index contributed by atoms with van der Waals surface area (Å²) in [5.41, 5.74) is 1.15. The topological polar surface area (TPSA) is 39.7 Å². The molecule has 4 heteroatoms. The van der Waals surface area contributed by atoms with Crippen molar-refractivity contribution in [2.45, 2.75) is 25.3 Å². The van der Waals surface area contributed by atoms with Crippen LogP contribution in [0.3, 0.4) is 0 Å². The molecule has 1 N–H and O–H groups in total. The van der Waals surface area contributed by atoms with E-state index in [1.165, 1.54) is 12.8 Å². The van der Waals surface area contributed by atoms with E-state index >= 15 is 0 Å². The van der Waals surface area contributed by atoms with Gasteiger partial charge in [-0.25, -0.2) is 0 Å². The van der Waals surface area contributed by atoms with Crippen LogP contribution in [0.15, 0.2) is 12.1 Å². The highest BCUT2D eigenvalue weighted by Gasteiger charge is 2.21. The highest BCUT2D eigenvalue weighted by Crippen LogP contribution is 2.39. The zero-order chi connectivity index (χ0) is 13.0. The number of benzene rings is 1. The summed E-state index contributed by atoms with van der Waals surface area (Å²) in [5, 5.41) is 3.52. The molecule has 0 saturated carbocycles. The lowest BCUT2D eigenvalue weighted by atomic mass is 9.96. The lowest BCUT2D eigenvalue weighted by Crippen LogP contribution is -2.27. The molecule has 0 radical (unpaired) electrons. The molecular weight excluding hydrogens is 230 g/mol. The molecule has 0 aromatic heterocycles. The molecule has 1 aromatic rings. The minimum atomic E-state index is 0.341. The van der Waals surface area contributed by atoms with Gasteiger partial charge in [0.1, 0.15) is 5.75 Å². The number of ether oxygens (including phenoxy) is 3. The van der Waals surface area contributed by atoms with Crippen LogP contribution in [0, 0.1) is 0 Å². The molecule has 2 rings (SSSR count). The van der Waals surface area contributed by atoms with Crippen molar-refractivity contribution >= 4 is 0 Å². The number of methoxy groups -OCH3 is 3. The van der Waals surface area contributed by atoms with Crippen molar-refractivity contribution in [3.63, 3.8) is 0 Å². The average molecular weight is 251 g/mol. The highest BCUT2D eigenvalue weighted by molar-refractivity contribution is 5.51. The first-order valence-corrected chi connectivity index (χ1v) is 6.33. The second-order valence-corrected chi connectivity index (χ2v) is 4.45. The van der Waals surface area contributed by atoms with Gasteiger partial charge in [0.25, 0.3) is 0 Å². The van der Waals surface area contributed by atoms with Gasteiger partial charge in [-0.15, -0.1) is 0 Å². The molecule has 0 unspecified atom stereocenters. The third-order valence-electron chi connectivity index (χ3n) is 3.42. The number of nitrogens with one attached hydrogen (secondary N) is 1. The van der Waals surface area contributed by atoms with E-state index < -0.39 is 0 Å². The summed E-state index contributed by atoms with van der Waals surface area (Å²) >= 11 is 0. The minimum Gasteiger partial charge on any atom is -0.496 e. The molecule has 1 aliphatic rings. The third kappa shape index (κ3) is 2.53. The Morgan fingerprint density at radius 3 is 2.17 bits per heavy atom. The molecule has 4 nitrogen and oxygen atoms in total. The van der Waals surface area contributed by atoms with Crippen molar-refractivity contribution < 1.29 is 14.2 Å². The van der Waals surface area contributed by atoms with Gasteiger partial charge >= 0.3 is 0 Å². The van der Waals surface area contributed by atoms with Crippen molar-refractivity contribution in [1.29, 1.82) is 0 Å². The summed E-state index contributed by atoms with van der Waals surface area (Å²) in [5.74, 6) is 2.31. The van der Waals surface area contributed by atoms with E-state index in [4.69, 9.17) is 14.2 Å². The summed E-state index contributed by atoms with van der Waals surface area (Å²) in [4.78, 5) is 0. The van der Waals surface area contributed by atoms with E-state index in [-0.39, 0.29) is 0 Å². The van der Waals surface area contributed by atoms with Gasteiger partial charge in [-0.05, 0) is 25.5 Å². The number of hydrogen-bond donors (Lipinski definition) is 1. The van der Waals surface area contributed by atoms with Gasteiger partial charge in [0.15, 0.2) is 11.5 Å². The van der Waals surface area contributed by atoms with Crippen molar-refractivity contribution in [1.82, 2.24) is 5.32 Å². The summed E-state index contributed by atoms with van der Waals surface area (Å²) in [6.45, 7) is 1.06. The molecule has 0 amide bonds. The molecule has 0 aliphatic carbocycles. The Kier molecular flexibility index (Phi) is 4.31. The Balaban J connectivity index is 2.37. The van der Waals surface area contributed by atoms with Crippen molar-refractivity contribution in [3.05, 3.63) is 17.7 Å². The summed E-state index contributed by atoms with van der Waals surface area (Å²) < 4.78 is 16.1. The Labute approximate surface area is 108 Å². The second kappa shape index (κ2) is 5.96. The van der Waals surface area contributed by atoms with Crippen LogP contribution in [0.5, 0.6) is 17.2 Å². The summed E-state index contributed by atoms with van der Waals surface area (Å²) in [7, 11) is 4.98. The third-order valence-corrected chi connectivity index (χ3v) is 3.42. The maximum atomic E-state index is 5.46. The lowest BCUT2D eigenvalue weighted by molar-refractivity contribution is 0.340. The van der Waals surface area contributed by atoms with Gasteiger partial charge in [0, 0.05) is 17.7 Å². The maximum absolute atomic E-state index is 5.46. The fourth-order valence-electron chi connectivity index (χ4n) is 2.44. The first kappa shape index (κ1) is 13.0. The van der Waals surface area contributed by atoms with Gasteiger partial charge in [-0.3, -0.25) is 0 Å². The first-order valence-electron chi connectivity index (χ1n) is 6.33. The fraction of sp³-hybridized carbons (Fsp3) is 0.571. The molecule has 18 heavy (non-hydrogen) atoms. The van der Waals surface area contributed by atoms with Crippen LogP contribution in [0.4, 0.5) is 0 Å². The van der Waals surface area contributed by atoms with Gasteiger partial charge in [-0.1, -0.05) is 6.42 Å². The molecular formula is C14H21NO3. The zero-order valence-electron chi connectivity index (χ0n) is 11.3. The maximum Gasteiger partial charge on any atom is 0.164 e. The molecule has 0 spiro atoms. The van der Waals surface area contributed by atoms with Crippen LogP contribution in [0.1, 0.15) is 30.9 Å². The van der Waals surface area contributed by atoms with Gasteiger partial charge in [0.05, 0.1) is 21.3 Å². The highest BCUT2D eigenvalue weighted by atomic mass is 16.5. The van der Waals surface area contributed by atoms with Gasteiger partial charge in [-0.2, -0.15) is 0 Å². The predicted octanol–water partition coefficient (Wildman–Crippen LogP) is 2.53. The Morgan fingerprint density at radius 1 is 0.944 bits per heavy atom. The van der Waals surface area contributed by atoms with Gasteiger partial charge in [0.2, 0.25) is 0 Å². The molecule has 0 bridgehead atoms. The van der Waals surface area contributed by atoms with Crippen LogP contribution in [0.2, 0.25) is 0 Å². The molecule has 1 atom stereocenters. The van der Waals surface area contributed by atoms with E-state index in [1.54, 1.807) is 21.3 Å². The molecule has 1 saturated heterocycles. The molecule has 1 aliphatic heterocycles. The first-order chi connectivity index (χ1) is 8.80. The van der Waals surface area contributed by atoms with Crippen molar-refractivity contribution in [2.24, 2.45) is 0 Å². The van der Waals surface area contributed by atoms with Crippen LogP contribution in [-0.4, -0.2) is 27.9 Å². The van der Waals surface area contributed by atoms with E-state index in [0.717, 1.165) is 30.0 Å². The quantitative estimate of drug-likeness (QED) is 0.892. The largest absolute Gasteiger partial charge is 0.496 e. The summed E-state index contributed by atoms with van der Waals surface area (Å²) in [6.07, 6.45) is 3.62. The van der Waals surface area contributed by atoms with Crippen LogP contribution >= 0.6 is 0 Å². The molecule has 1 fully saturated rings. The lowest BCUT2D eigenvalue weighted by Gasteiger charge is -2.26. The minimum absolute atomic E-state index is 0.341. The van der Waals surface area contributed by atoms with E-state index in [0.29, 0.717) is 11.8 Å². The zero-order valence-corrected chi connectivity index (χ0v) is 11.3. The average Bonchev–Trinajstić information content (AvgIpc) is 2.46. The molecule has 1 heterocycles. The Morgan fingerprint density at radius 2 is 1.61 bits per heavy atom. The van der Waals surface area contributed by atoms with E-state index in [1.807, 2.05) is 12.1 Å². The number of rotatable bonds is 4. The van der Waals surface area contributed by atoms with E-state index in [9.17, 15) is 0 Å².